The molecule has 1 unspecified atom stereocenters. The average Bonchev–Trinajstić information content (AvgIpc) is 2.15. The molecule has 0 radical (unpaired) electrons. The molecule has 0 spiro atoms. The normalized spacial score (nSPS) is 12.6. The van der Waals surface area contributed by atoms with Gasteiger partial charge in [-0.25, -0.2) is 13.6 Å². The minimum Gasteiger partial charge on any atom is -0.384 e. The van der Waals surface area contributed by atoms with Gasteiger partial charge in [-0.15, -0.1) is 6.58 Å². The molecular weight excluding hydrogens is 228 g/mol. The molecule has 0 heterocycles. The summed E-state index contributed by atoms with van der Waals surface area (Å²) in [5.74, 6) is -0.284. The topological polar surface area (TPSA) is 115 Å². The Hall–Kier alpha value is -1.21. The zero-order valence-corrected chi connectivity index (χ0v) is 9.65. The van der Waals surface area contributed by atoms with Crippen LogP contribution in [0.25, 0.3) is 0 Å². The van der Waals surface area contributed by atoms with Crippen LogP contribution < -0.4 is 11.3 Å². The Kier molecular flexibility index (Phi) is 5.32. The molecule has 0 bridgehead atoms. The van der Waals surface area contributed by atoms with E-state index in [2.05, 4.69) is 6.58 Å². The number of hydrogen-bond donors (Lipinski definition) is 3. The third-order valence-electron chi connectivity index (χ3n) is 1.95. The lowest BCUT2D eigenvalue weighted by Gasteiger charge is -2.11. The van der Waals surface area contributed by atoms with E-state index in [1.165, 1.54) is 6.08 Å². The first-order chi connectivity index (χ1) is 6.94. The molecule has 0 aliphatic heterocycles. The van der Waals surface area contributed by atoms with Crippen molar-refractivity contribution in [2.75, 3.05) is 0 Å². The first-order valence-electron chi connectivity index (χ1n) is 4.33. The minimum atomic E-state index is -3.59. The van der Waals surface area contributed by atoms with Crippen LogP contribution in [0.1, 0.15) is 17.2 Å². The fourth-order valence-corrected chi connectivity index (χ4v) is 1.99. The summed E-state index contributed by atoms with van der Waals surface area (Å²) in [6.45, 7) is 3.44. The molecule has 6 heteroatoms. The van der Waals surface area contributed by atoms with Crippen LogP contribution in [0.2, 0.25) is 0 Å². The van der Waals surface area contributed by atoms with Crippen molar-refractivity contribution in [3.63, 3.8) is 0 Å². The molecule has 0 aliphatic rings. The summed E-state index contributed by atoms with van der Waals surface area (Å²) in [6, 6.07) is 6.67. The van der Waals surface area contributed by atoms with Gasteiger partial charge in [0.2, 0.25) is 10.0 Å². The number of nitrogens with two attached hydrogens (primary N) is 1. The number of rotatable bonds is 4. The largest absolute Gasteiger partial charge is 0.384 e. The lowest BCUT2D eigenvalue weighted by atomic mass is 10.0. The fourth-order valence-electron chi connectivity index (χ4n) is 1.30. The summed E-state index contributed by atoms with van der Waals surface area (Å²) >= 11 is 0. The smallest absolute Gasteiger partial charge is 0.213 e. The molecule has 0 amide bonds. The summed E-state index contributed by atoms with van der Waals surface area (Å²) in [6.07, 6.45) is 0.463. The lowest BCUT2D eigenvalue weighted by molar-refractivity contribution is 0.228. The summed E-state index contributed by atoms with van der Waals surface area (Å²) in [5.41, 5.74) is 1.01. The molecule has 16 heavy (non-hydrogen) atoms. The maximum Gasteiger partial charge on any atom is 0.213 e. The van der Waals surface area contributed by atoms with Crippen molar-refractivity contribution in [2.45, 2.75) is 11.9 Å². The van der Waals surface area contributed by atoms with E-state index in [1.807, 2.05) is 0 Å². The zero-order chi connectivity index (χ0) is 11.5. The molecule has 6 N–H and O–H groups in total. The van der Waals surface area contributed by atoms with Gasteiger partial charge in [0.1, 0.15) is 0 Å². The lowest BCUT2D eigenvalue weighted by Crippen LogP contribution is -2.16. The van der Waals surface area contributed by atoms with Crippen molar-refractivity contribution in [3.05, 3.63) is 48.0 Å². The Morgan fingerprint density at radius 1 is 1.44 bits per heavy atom. The summed E-state index contributed by atoms with van der Waals surface area (Å²) in [7, 11) is -3.59. The van der Waals surface area contributed by atoms with Crippen LogP contribution in [-0.2, 0) is 15.8 Å². The molecule has 1 atom stereocenters. The van der Waals surface area contributed by atoms with E-state index in [0.29, 0.717) is 11.1 Å². The molecular formula is C10H16N2O3S. The van der Waals surface area contributed by atoms with Gasteiger partial charge in [-0.05, 0) is 11.1 Å². The summed E-state index contributed by atoms with van der Waals surface area (Å²) < 4.78 is 21.9. The van der Waals surface area contributed by atoms with E-state index in [-0.39, 0.29) is 11.9 Å². The number of aliphatic hydroxyl groups excluding tert-OH is 1. The molecule has 1 aromatic rings. The van der Waals surface area contributed by atoms with Gasteiger partial charge < -0.3 is 11.3 Å². The van der Waals surface area contributed by atoms with Crippen LogP contribution >= 0.6 is 0 Å². The highest BCUT2D eigenvalue weighted by molar-refractivity contribution is 7.88. The third-order valence-corrected chi connectivity index (χ3v) is 2.67. The molecule has 0 saturated heterocycles. The number of primary sulfonamides is 1. The average molecular weight is 244 g/mol. The first-order valence-corrected chi connectivity index (χ1v) is 6.04. The maximum absolute atomic E-state index is 10.9. The summed E-state index contributed by atoms with van der Waals surface area (Å²) in [4.78, 5) is 0. The molecule has 1 aromatic carbocycles. The van der Waals surface area contributed by atoms with Gasteiger partial charge in [0.25, 0.3) is 0 Å². The number of hydrogen-bond acceptors (Lipinski definition) is 4. The predicted molar refractivity (Wildman–Crippen MR) is 63.4 cm³/mol. The van der Waals surface area contributed by atoms with E-state index in [4.69, 9.17) is 5.14 Å². The van der Waals surface area contributed by atoms with E-state index in [9.17, 15) is 13.5 Å². The summed E-state index contributed by atoms with van der Waals surface area (Å²) in [5, 5.41) is 14.5. The van der Waals surface area contributed by atoms with E-state index in [0.717, 1.165) is 0 Å². The Bertz CT molecular complexity index is 457. The van der Waals surface area contributed by atoms with Crippen LogP contribution in [-0.4, -0.2) is 13.5 Å². The molecule has 0 fully saturated rings. The Morgan fingerprint density at radius 2 is 2.00 bits per heavy atom. The van der Waals surface area contributed by atoms with E-state index < -0.39 is 16.1 Å². The minimum absolute atomic E-state index is 0. The zero-order valence-electron chi connectivity index (χ0n) is 8.83. The quantitative estimate of drug-likeness (QED) is 0.681. The van der Waals surface area contributed by atoms with Gasteiger partial charge in [0.05, 0.1) is 11.9 Å². The van der Waals surface area contributed by atoms with Crippen LogP contribution in [0.3, 0.4) is 0 Å². The monoisotopic (exact) mass is 244 g/mol. The number of sulfonamides is 1. The van der Waals surface area contributed by atoms with Crippen molar-refractivity contribution < 1.29 is 13.5 Å². The molecule has 0 aromatic heterocycles. The van der Waals surface area contributed by atoms with Gasteiger partial charge in [-0.3, -0.25) is 0 Å². The van der Waals surface area contributed by atoms with Crippen LogP contribution in [0.4, 0.5) is 0 Å². The highest BCUT2D eigenvalue weighted by atomic mass is 32.2. The number of benzene rings is 1. The Labute approximate surface area is 95.2 Å². The van der Waals surface area contributed by atoms with E-state index >= 15 is 0 Å². The number of aliphatic hydroxyl groups is 1. The Morgan fingerprint density at radius 3 is 2.50 bits per heavy atom. The molecule has 0 saturated carbocycles. The van der Waals surface area contributed by atoms with Crippen molar-refractivity contribution in [1.29, 1.82) is 0 Å². The molecule has 0 aliphatic carbocycles. The van der Waals surface area contributed by atoms with Crippen LogP contribution in [0, 0.1) is 0 Å². The SMILES string of the molecule is C=CC(O)c1ccccc1CS(N)(=O)=O.N. The molecule has 90 valence electrons. The highest BCUT2D eigenvalue weighted by Gasteiger charge is 2.12. The van der Waals surface area contributed by atoms with E-state index in [1.54, 1.807) is 24.3 Å². The van der Waals surface area contributed by atoms with Crippen LogP contribution in [0.15, 0.2) is 36.9 Å². The maximum atomic E-state index is 10.9. The van der Waals surface area contributed by atoms with Gasteiger partial charge >= 0.3 is 0 Å². The fraction of sp³-hybridized carbons (Fsp3) is 0.200. The van der Waals surface area contributed by atoms with Gasteiger partial charge in [-0.1, -0.05) is 30.3 Å². The van der Waals surface area contributed by atoms with Gasteiger partial charge in [0, 0.05) is 0 Å². The third kappa shape index (κ3) is 4.11. The second kappa shape index (κ2) is 5.76. The Balaban J connectivity index is 0.00000225. The molecule has 5 nitrogen and oxygen atoms in total. The van der Waals surface area contributed by atoms with Gasteiger partial charge in [-0.2, -0.15) is 0 Å². The second-order valence-electron chi connectivity index (χ2n) is 3.19. The van der Waals surface area contributed by atoms with Crippen molar-refractivity contribution in [3.8, 4) is 0 Å². The second-order valence-corrected chi connectivity index (χ2v) is 4.80. The highest BCUT2D eigenvalue weighted by Crippen LogP contribution is 2.19. The van der Waals surface area contributed by atoms with Gasteiger partial charge in [0.15, 0.2) is 0 Å². The predicted octanol–water partition coefficient (Wildman–Crippen LogP) is 0.857. The van der Waals surface area contributed by atoms with Crippen LogP contribution in [0.5, 0.6) is 0 Å². The first kappa shape index (κ1) is 14.8. The van der Waals surface area contributed by atoms with Crippen molar-refractivity contribution in [1.82, 2.24) is 6.15 Å². The van der Waals surface area contributed by atoms with Crippen molar-refractivity contribution >= 4 is 10.0 Å². The molecule has 1 rings (SSSR count). The van der Waals surface area contributed by atoms with Crippen molar-refractivity contribution in [2.24, 2.45) is 5.14 Å². The standard InChI is InChI=1S/C10H13NO3S.H3N/c1-2-10(12)9-6-4-3-5-8(9)7-15(11,13)14;/h2-6,10,12H,1,7H2,(H2,11,13,14);1H3.